The molecule has 3 aromatic carbocycles. The molecule has 170 valence electrons. The second-order valence-corrected chi connectivity index (χ2v) is 7.93. The van der Waals surface area contributed by atoms with E-state index in [1.54, 1.807) is 12.1 Å². The zero-order valence-electron chi connectivity index (χ0n) is 17.5. The number of hydrazone groups is 1. The topological polar surface area (TPSA) is 29.3 Å². The van der Waals surface area contributed by atoms with Gasteiger partial charge in [0.05, 0.1) is 11.7 Å². The number of hydrogen-bond acceptors (Lipinski definition) is 2. The van der Waals surface area contributed by atoms with Crippen molar-refractivity contribution in [3.05, 3.63) is 99.0 Å². The van der Waals surface area contributed by atoms with Crippen molar-refractivity contribution in [1.29, 1.82) is 0 Å². The van der Waals surface area contributed by atoms with E-state index in [0.29, 0.717) is 17.1 Å². The van der Waals surface area contributed by atoms with E-state index in [9.17, 15) is 22.0 Å². The Hall–Kier alpha value is -3.39. The smallest absolute Gasteiger partial charge is 0.200 e. The first-order valence-corrected chi connectivity index (χ1v) is 10.2. The summed E-state index contributed by atoms with van der Waals surface area (Å²) in [5.74, 6) is -10.3. The van der Waals surface area contributed by atoms with Gasteiger partial charge in [0.2, 0.25) is 5.82 Å². The van der Waals surface area contributed by atoms with Crippen molar-refractivity contribution in [2.45, 2.75) is 20.4 Å². The molecule has 0 aliphatic heterocycles. The lowest BCUT2D eigenvalue weighted by atomic mass is 10.1. The van der Waals surface area contributed by atoms with Gasteiger partial charge in [0, 0.05) is 28.2 Å². The molecule has 0 fully saturated rings. The van der Waals surface area contributed by atoms with Crippen LogP contribution in [0.2, 0.25) is 5.02 Å². The average Bonchev–Trinajstić information content (AvgIpc) is 3.07. The van der Waals surface area contributed by atoms with Crippen molar-refractivity contribution in [1.82, 2.24) is 4.57 Å². The second kappa shape index (κ2) is 8.86. The molecule has 9 heteroatoms. The van der Waals surface area contributed by atoms with Crippen LogP contribution in [0.4, 0.5) is 27.6 Å². The molecule has 0 atom stereocenters. The van der Waals surface area contributed by atoms with E-state index in [4.69, 9.17) is 11.6 Å². The van der Waals surface area contributed by atoms with Gasteiger partial charge in [-0.2, -0.15) is 5.10 Å². The third-order valence-electron chi connectivity index (χ3n) is 5.43. The molecule has 0 bridgehead atoms. The molecule has 3 nitrogen and oxygen atoms in total. The quantitative estimate of drug-likeness (QED) is 0.107. The summed E-state index contributed by atoms with van der Waals surface area (Å²) in [6.07, 6.45) is 1.30. The number of aryl methyl sites for hydroxylation is 1. The minimum atomic E-state index is -2.23. The Kier molecular flexibility index (Phi) is 6.12. The predicted molar refractivity (Wildman–Crippen MR) is 119 cm³/mol. The third kappa shape index (κ3) is 4.06. The predicted octanol–water partition coefficient (Wildman–Crippen LogP) is 7.10. The number of hydrogen-bond donors (Lipinski definition) is 1. The maximum atomic E-state index is 13.9. The number of rotatable bonds is 5. The van der Waals surface area contributed by atoms with Crippen LogP contribution in [0.25, 0.3) is 10.9 Å². The Morgan fingerprint density at radius 2 is 1.48 bits per heavy atom. The van der Waals surface area contributed by atoms with E-state index in [1.807, 2.05) is 49.6 Å². The molecular weight excluding hydrogens is 461 g/mol. The minimum Gasteiger partial charge on any atom is -0.340 e. The molecule has 0 spiro atoms. The lowest BCUT2D eigenvalue weighted by Gasteiger charge is -2.10. The van der Waals surface area contributed by atoms with Crippen LogP contribution in [0.1, 0.15) is 22.4 Å². The van der Waals surface area contributed by atoms with Gasteiger partial charge < -0.3 is 4.57 Å². The van der Waals surface area contributed by atoms with Crippen molar-refractivity contribution in [3.8, 4) is 0 Å². The summed E-state index contributed by atoms with van der Waals surface area (Å²) in [4.78, 5) is 0. The summed E-state index contributed by atoms with van der Waals surface area (Å²) < 4.78 is 70.0. The minimum absolute atomic E-state index is 0.531. The highest BCUT2D eigenvalue weighted by molar-refractivity contribution is 6.30. The van der Waals surface area contributed by atoms with Gasteiger partial charge in [-0.25, -0.2) is 22.0 Å². The molecule has 0 aliphatic rings. The SMILES string of the molecule is Cc1cccc2c(/C=N/Nc3c(F)c(F)c(F)c(F)c3F)c(C)n(Cc3ccc(Cl)cc3)c12. The van der Waals surface area contributed by atoms with E-state index in [0.717, 1.165) is 27.7 Å². The van der Waals surface area contributed by atoms with Crippen molar-refractivity contribution in [2.24, 2.45) is 5.10 Å². The fraction of sp³-hybridized carbons (Fsp3) is 0.125. The van der Waals surface area contributed by atoms with Gasteiger partial charge in [-0.15, -0.1) is 0 Å². The average molecular weight is 478 g/mol. The summed E-state index contributed by atoms with van der Waals surface area (Å²) in [7, 11) is 0. The summed E-state index contributed by atoms with van der Waals surface area (Å²) >= 11 is 5.98. The highest BCUT2D eigenvalue weighted by Gasteiger charge is 2.25. The maximum absolute atomic E-state index is 13.9. The first kappa shape index (κ1) is 22.8. The molecule has 4 rings (SSSR count). The largest absolute Gasteiger partial charge is 0.340 e. The number of fused-ring (bicyclic) bond motifs is 1. The van der Waals surface area contributed by atoms with Crippen LogP contribution in [-0.4, -0.2) is 10.8 Å². The fourth-order valence-electron chi connectivity index (χ4n) is 3.74. The number of nitrogens with one attached hydrogen (secondary N) is 1. The second-order valence-electron chi connectivity index (χ2n) is 7.50. The molecule has 4 aromatic rings. The lowest BCUT2D eigenvalue weighted by Crippen LogP contribution is -2.07. The van der Waals surface area contributed by atoms with Crippen LogP contribution < -0.4 is 5.43 Å². The van der Waals surface area contributed by atoms with Gasteiger partial charge in [-0.1, -0.05) is 41.9 Å². The zero-order chi connectivity index (χ0) is 23.9. The van der Waals surface area contributed by atoms with Crippen LogP contribution in [0.15, 0.2) is 47.6 Å². The van der Waals surface area contributed by atoms with E-state index in [-0.39, 0.29) is 0 Å². The van der Waals surface area contributed by atoms with Gasteiger partial charge in [0.1, 0.15) is 5.69 Å². The van der Waals surface area contributed by atoms with Gasteiger partial charge in [0.25, 0.3) is 0 Å². The standard InChI is InChI=1S/C24H17ClF5N3/c1-12-4-3-5-16-17(10-31-32-23-21(29)19(27)18(26)20(28)22(23)30)13(2)33(24(12)16)11-14-6-8-15(25)9-7-14/h3-10,32H,11H2,1-2H3/b31-10+. The maximum Gasteiger partial charge on any atom is 0.200 e. The van der Waals surface area contributed by atoms with Crippen molar-refractivity contribution < 1.29 is 22.0 Å². The highest BCUT2D eigenvalue weighted by atomic mass is 35.5. The third-order valence-corrected chi connectivity index (χ3v) is 5.68. The molecule has 0 saturated heterocycles. The number of para-hydroxylation sites is 1. The molecule has 1 heterocycles. The summed E-state index contributed by atoms with van der Waals surface area (Å²) in [5, 5.41) is 5.22. The van der Waals surface area contributed by atoms with Gasteiger partial charge >= 0.3 is 0 Å². The van der Waals surface area contributed by atoms with Gasteiger partial charge in [0.15, 0.2) is 23.3 Å². The van der Waals surface area contributed by atoms with Crippen molar-refractivity contribution in [2.75, 3.05) is 5.43 Å². The van der Waals surface area contributed by atoms with Gasteiger partial charge in [-0.3, -0.25) is 5.43 Å². The van der Waals surface area contributed by atoms with E-state index in [2.05, 4.69) is 9.67 Å². The van der Waals surface area contributed by atoms with E-state index in [1.165, 1.54) is 6.21 Å². The summed E-state index contributed by atoms with van der Waals surface area (Å²) in [6, 6.07) is 13.1. The molecule has 0 aliphatic carbocycles. The molecule has 1 aromatic heterocycles. The molecular formula is C24H17ClF5N3. The van der Waals surface area contributed by atoms with Crippen LogP contribution in [0.5, 0.6) is 0 Å². The number of nitrogens with zero attached hydrogens (tertiary/aromatic N) is 2. The number of anilines is 1. The summed E-state index contributed by atoms with van der Waals surface area (Å²) in [6.45, 7) is 4.34. The number of halogens is 6. The molecule has 1 N–H and O–H groups in total. The Morgan fingerprint density at radius 3 is 2.12 bits per heavy atom. The van der Waals surface area contributed by atoms with Crippen LogP contribution in [0, 0.1) is 42.9 Å². The Morgan fingerprint density at radius 1 is 0.879 bits per heavy atom. The van der Waals surface area contributed by atoms with Crippen LogP contribution in [0.3, 0.4) is 0 Å². The summed E-state index contributed by atoms with van der Waals surface area (Å²) in [5.41, 5.74) is 5.11. The van der Waals surface area contributed by atoms with E-state index >= 15 is 0 Å². The normalized spacial score (nSPS) is 11.6. The molecule has 33 heavy (non-hydrogen) atoms. The molecule has 0 saturated carbocycles. The fourth-order valence-corrected chi connectivity index (χ4v) is 3.87. The van der Waals surface area contributed by atoms with Crippen LogP contribution >= 0.6 is 11.6 Å². The highest BCUT2D eigenvalue weighted by Crippen LogP contribution is 2.30. The molecule has 0 radical (unpaired) electrons. The van der Waals surface area contributed by atoms with Crippen molar-refractivity contribution in [3.63, 3.8) is 0 Å². The monoisotopic (exact) mass is 477 g/mol. The van der Waals surface area contributed by atoms with Crippen molar-refractivity contribution >= 4 is 34.4 Å². The van der Waals surface area contributed by atoms with Crippen LogP contribution in [-0.2, 0) is 6.54 Å². The first-order chi connectivity index (χ1) is 15.7. The lowest BCUT2D eigenvalue weighted by molar-refractivity contribution is 0.381. The zero-order valence-corrected chi connectivity index (χ0v) is 18.2. The Bertz CT molecular complexity index is 1370. The van der Waals surface area contributed by atoms with E-state index < -0.39 is 34.8 Å². The molecule has 0 amide bonds. The molecule has 0 unspecified atom stereocenters. The first-order valence-electron chi connectivity index (χ1n) is 9.84. The number of aromatic nitrogens is 1. The number of benzene rings is 3. The Labute approximate surface area is 191 Å². The van der Waals surface area contributed by atoms with Gasteiger partial charge in [-0.05, 0) is 37.1 Å². The Balaban J connectivity index is 1.75.